The van der Waals surface area contributed by atoms with E-state index in [1.807, 2.05) is 30.3 Å². The SMILES string of the molecule is C=CCN(CCN1CCOCC1)C(=O)C1N([C@H](C)CO)C(=O)[C@@H]2[C@H](C(=O)N(CC=C)Cc3ccccc3)[C@]3(C)CCC12S3. The van der Waals surface area contributed by atoms with Crippen LogP contribution >= 0.6 is 11.8 Å². The standard InChI is InChI=1S/C33H46N4O5S/c1-5-14-35(17-16-34-18-20-42-21-19-34)31(41)28-33-13-12-32(4,43-33)26(27(33)30(40)37(28)24(3)23-38)29(39)36(15-6-2)22-25-10-8-7-9-11-25/h5-11,24,26-28,38H,1-2,12-23H2,3-4H3/t24-,26-,27+,28?,32+,33?/m1/s1. The minimum absolute atomic E-state index is 0.0707. The number of benzene rings is 1. The van der Waals surface area contributed by atoms with Gasteiger partial charge in [-0.2, -0.15) is 0 Å². The number of rotatable bonds is 13. The predicted octanol–water partition coefficient (Wildman–Crippen LogP) is 2.41. The summed E-state index contributed by atoms with van der Waals surface area (Å²) in [6, 6.07) is 8.53. The Balaban J connectivity index is 1.47. The summed E-state index contributed by atoms with van der Waals surface area (Å²) in [6.45, 7) is 16.8. The van der Waals surface area contributed by atoms with Gasteiger partial charge < -0.3 is 24.5 Å². The molecule has 2 bridgehead atoms. The Morgan fingerprint density at radius 2 is 1.79 bits per heavy atom. The molecule has 4 aliphatic rings. The van der Waals surface area contributed by atoms with E-state index in [0.717, 1.165) is 25.1 Å². The first-order valence-corrected chi connectivity index (χ1v) is 16.3. The molecule has 2 unspecified atom stereocenters. The van der Waals surface area contributed by atoms with Gasteiger partial charge in [0.1, 0.15) is 6.04 Å². The summed E-state index contributed by atoms with van der Waals surface area (Å²) in [5.41, 5.74) is 1.01. The molecule has 1 spiro atoms. The number of hydrogen-bond acceptors (Lipinski definition) is 7. The van der Waals surface area contributed by atoms with E-state index in [0.29, 0.717) is 52.4 Å². The third-order valence-corrected chi connectivity index (χ3v) is 11.8. The normalized spacial score (nSPS) is 30.6. The summed E-state index contributed by atoms with van der Waals surface area (Å²) in [6.07, 6.45) is 4.87. The average Bonchev–Trinajstić information content (AvgIpc) is 3.59. The molecule has 1 aromatic carbocycles. The van der Waals surface area contributed by atoms with Crippen LogP contribution in [0, 0.1) is 11.8 Å². The van der Waals surface area contributed by atoms with Gasteiger partial charge >= 0.3 is 0 Å². The van der Waals surface area contributed by atoms with Crippen LogP contribution in [0.25, 0.3) is 0 Å². The number of amides is 3. The van der Waals surface area contributed by atoms with Gasteiger partial charge in [-0.25, -0.2) is 0 Å². The van der Waals surface area contributed by atoms with Gasteiger partial charge in [0.15, 0.2) is 0 Å². The van der Waals surface area contributed by atoms with E-state index in [-0.39, 0.29) is 24.3 Å². The van der Waals surface area contributed by atoms with Crippen molar-refractivity contribution < 1.29 is 24.2 Å². The monoisotopic (exact) mass is 610 g/mol. The molecule has 1 aromatic rings. The van der Waals surface area contributed by atoms with Crippen molar-refractivity contribution in [1.82, 2.24) is 19.6 Å². The first-order valence-electron chi connectivity index (χ1n) is 15.5. The van der Waals surface area contributed by atoms with Gasteiger partial charge in [-0.3, -0.25) is 19.3 Å². The third-order valence-electron chi connectivity index (χ3n) is 9.78. The van der Waals surface area contributed by atoms with Crippen molar-refractivity contribution in [3.63, 3.8) is 0 Å². The van der Waals surface area contributed by atoms with Crippen molar-refractivity contribution in [2.24, 2.45) is 11.8 Å². The van der Waals surface area contributed by atoms with E-state index in [9.17, 15) is 19.5 Å². The van der Waals surface area contributed by atoms with Crippen LogP contribution in [0.5, 0.6) is 0 Å². The third kappa shape index (κ3) is 5.79. The number of likely N-dealkylation sites (tertiary alicyclic amines) is 1. The first-order chi connectivity index (χ1) is 20.7. The minimum atomic E-state index is -0.761. The number of ether oxygens (including phenoxy) is 1. The molecular weight excluding hydrogens is 564 g/mol. The number of thioether (sulfide) groups is 1. The molecule has 4 fully saturated rings. The van der Waals surface area contributed by atoms with Gasteiger partial charge in [-0.1, -0.05) is 42.5 Å². The summed E-state index contributed by atoms with van der Waals surface area (Å²) in [5, 5.41) is 10.3. The van der Waals surface area contributed by atoms with Crippen LogP contribution in [0.1, 0.15) is 32.3 Å². The van der Waals surface area contributed by atoms with Crippen LogP contribution in [0.2, 0.25) is 0 Å². The van der Waals surface area contributed by atoms with E-state index < -0.39 is 33.4 Å². The summed E-state index contributed by atoms with van der Waals surface area (Å²) >= 11 is 1.67. The van der Waals surface area contributed by atoms with Gasteiger partial charge in [0.05, 0.1) is 42.4 Å². The molecule has 0 aromatic heterocycles. The van der Waals surface area contributed by atoms with Crippen LogP contribution in [0.4, 0.5) is 0 Å². The van der Waals surface area contributed by atoms with Crippen LogP contribution in [0.3, 0.4) is 0 Å². The summed E-state index contributed by atoms with van der Waals surface area (Å²) in [4.78, 5) is 51.0. The number of aliphatic hydroxyl groups excluding tert-OH is 1. The second kappa shape index (κ2) is 13.1. The van der Waals surface area contributed by atoms with E-state index >= 15 is 0 Å². The fraction of sp³-hybridized carbons (Fsp3) is 0.606. The highest BCUT2D eigenvalue weighted by molar-refractivity contribution is 8.02. The smallest absolute Gasteiger partial charge is 0.247 e. The van der Waals surface area contributed by atoms with Crippen molar-refractivity contribution >= 4 is 29.5 Å². The molecule has 234 valence electrons. The van der Waals surface area contributed by atoms with Gasteiger partial charge in [-0.05, 0) is 32.3 Å². The molecule has 9 nitrogen and oxygen atoms in total. The number of morpholine rings is 1. The second-order valence-corrected chi connectivity index (χ2v) is 14.4. The molecule has 5 rings (SSSR count). The molecule has 43 heavy (non-hydrogen) atoms. The molecule has 4 heterocycles. The molecule has 4 saturated heterocycles. The number of nitrogens with zero attached hydrogens (tertiary/aromatic N) is 4. The predicted molar refractivity (Wildman–Crippen MR) is 168 cm³/mol. The van der Waals surface area contributed by atoms with Crippen LogP contribution in [-0.4, -0.2) is 123 Å². The molecule has 0 saturated carbocycles. The average molecular weight is 611 g/mol. The maximum absolute atomic E-state index is 14.6. The lowest BCUT2D eigenvalue weighted by molar-refractivity contribution is -0.147. The van der Waals surface area contributed by atoms with Gasteiger partial charge in [0.2, 0.25) is 17.7 Å². The molecule has 3 amide bonds. The van der Waals surface area contributed by atoms with Crippen LogP contribution in [-0.2, 0) is 25.7 Å². The number of aliphatic hydroxyl groups is 1. The molecule has 4 aliphatic heterocycles. The minimum Gasteiger partial charge on any atom is -0.394 e. The van der Waals surface area contributed by atoms with Crippen LogP contribution < -0.4 is 0 Å². The van der Waals surface area contributed by atoms with E-state index in [1.54, 1.807) is 45.5 Å². The molecular formula is C33H46N4O5S. The van der Waals surface area contributed by atoms with Crippen molar-refractivity contribution in [1.29, 1.82) is 0 Å². The number of carbonyl (C=O) groups excluding carboxylic acids is 3. The Morgan fingerprint density at radius 3 is 2.44 bits per heavy atom. The number of carbonyl (C=O) groups is 3. The molecule has 10 heteroatoms. The molecule has 0 aliphatic carbocycles. The largest absolute Gasteiger partial charge is 0.394 e. The second-order valence-electron chi connectivity index (χ2n) is 12.5. The van der Waals surface area contributed by atoms with Crippen molar-refractivity contribution in [2.75, 3.05) is 59.1 Å². The zero-order valence-corrected chi connectivity index (χ0v) is 26.3. The highest BCUT2D eigenvalue weighted by Gasteiger charge is 2.77. The van der Waals surface area contributed by atoms with Gasteiger partial charge in [0.25, 0.3) is 0 Å². The highest BCUT2D eigenvalue weighted by atomic mass is 32.2. The van der Waals surface area contributed by atoms with Gasteiger partial charge in [0, 0.05) is 50.6 Å². The highest BCUT2D eigenvalue weighted by Crippen LogP contribution is 2.71. The Labute approximate surface area is 259 Å². The topological polar surface area (TPSA) is 93.6 Å². The summed E-state index contributed by atoms with van der Waals surface area (Å²) in [5.74, 6) is -1.60. The number of fused-ring (bicyclic) bond motifs is 1. The number of hydrogen-bond donors (Lipinski definition) is 1. The lowest BCUT2D eigenvalue weighted by atomic mass is 9.66. The Hall–Kier alpha value is -2.66. The Kier molecular flexibility index (Phi) is 9.70. The Morgan fingerprint density at radius 1 is 1.12 bits per heavy atom. The molecule has 0 radical (unpaired) electrons. The lowest BCUT2D eigenvalue weighted by Crippen LogP contribution is -2.58. The first kappa shape index (κ1) is 31.8. The zero-order chi connectivity index (χ0) is 30.8. The Bertz CT molecular complexity index is 1210. The lowest BCUT2D eigenvalue weighted by Gasteiger charge is -2.39. The fourth-order valence-corrected chi connectivity index (χ4v) is 10.0. The van der Waals surface area contributed by atoms with E-state index in [4.69, 9.17) is 4.74 Å². The van der Waals surface area contributed by atoms with Gasteiger partial charge in [-0.15, -0.1) is 24.9 Å². The maximum Gasteiger partial charge on any atom is 0.247 e. The zero-order valence-electron chi connectivity index (χ0n) is 25.5. The van der Waals surface area contributed by atoms with Crippen molar-refractivity contribution in [3.8, 4) is 0 Å². The summed E-state index contributed by atoms with van der Waals surface area (Å²) < 4.78 is 4.27. The molecule has 1 N–H and O–H groups in total. The van der Waals surface area contributed by atoms with E-state index in [2.05, 4.69) is 25.0 Å². The molecule has 6 atom stereocenters. The summed E-state index contributed by atoms with van der Waals surface area (Å²) in [7, 11) is 0. The van der Waals surface area contributed by atoms with Crippen LogP contribution in [0.15, 0.2) is 55.6 Å². The maximum atomic E-state index is 14.6. The van der Waals surface area contributed by atoms with Crippen molar-refractivity contribution in [2.45, 2.75) is 54.8 Å². The fourth-order valence-electron chi connectivity index (χ4n) is 7.68. The van der Waals surface area contributed by atoms with Crippen molar-refractivity contribution in [3.05, 3.63) is 61.2 Å². The van der Waals surface area contributed by atoms with E-state index in [1.165, 1.54) is 0 Å². The quantitative estimate of drug-likeness (QED) is 0.343.